The van der Waals surface area contributed by atoms with Crippen LogP contribution in [0.5, 0.6) is 0 Å². The van der Waals surface area contributed by atoms with Crippen molar-refractivity contribution in [2.75, 3.05) is 6.54 Å². The van der Waals surface area contributed by atoms with E-state index in [4.69, 9.17) is 10.2 Å². The largest absolute Gasteiger partial charge is 0.422 e. The lowest BCUT2D eigenvalue weighted by Gasteiger charge is -2.20. The summed E-state index contributed by atoms with van der Waals surface area (Å²) in [6, 6.07) is 20.7. The van der Waals surface area contributed by atoms with Gasteiger partial charge in [-0.2, -0.15) is 0 Å². The van der Waals surface area contributed by atoms with Crippen LogP contribution in [0.25, 0.3) is 0 Å². The highest BCUT2D eigenvalue weighted by atomic mass is 16.4. The van der Waals surface area contributed by atoms with Gasteiger partial charge in [0.05, 0.1) is 11.6 Å². The summed E-state index contributed by atoms with van der Waals surface area (Å²) in [6.45, 7) is 2.87. The fraction of sp³-hybridized carbons (Fsp3) is 0.333. The van der Waals surface area contributed by atoms with Gasteiger partial charge in [-0.05, 0) is 37.4 Å². The molecule has 1 aliphatic rings. The van der Waals surface area contributed by atoms with Crippen LogP contribution in [0.4, 0.5) is 0 Å². The zero-order valence-electron chi connectivity index (χ0n) is 14.9. The van der Waals surface area contributed by atoms with E-state index >= 15 is 0 Å². The van der Waals surface area contributed by atoms with Gasteiger partial charge in [0, 0.05) is 5.92 Å². The summed E-state index contributed by atoms with van der Waals surface area (Å²) in [4.78, 5) is 0. The van der Waals surface area contributed by atoms with Crippen molar-refractivity contribution >= 4 is 0 Å². The van der Waals surface area contributed by atoms with Crippen LogP contribution in [0.15, 0.2) is 65.1 Å². The summed E-state index contributed by atoms with van der Waals surface area (Å²) in [6.07, 6.45) is 1.70. The first kappa shape index (κ1) is 16.9. The molecular formula is C21H24N4O. The minimum atomic E-state index is -0.701. The molecule has 2 aromatic carbocycles. The number of nitrogens with one attached hydrogen (secondary N) is 1. The van der Waals surface area contributed by atoms with Gasteiger partial charge in [0.2, 0.25) is 11.8 Å². The number of hydrogen-bond acceptors (Lipinski definition) is 5. The average Bonchev–Trinajstić information content (AvgIpc) is 3.32. The van der Waals surface area contributed by atoms with Gasteiger partial charge >= 0.3 is 0 Å². The quantitative estimate of drug-likeness (QED) is 0.740. The van der Waals surface area contributed by atoms with Crippen LogP contribution >= 0.6 is 0 Å². The molecule has 0 saturated carbocycles. The predicted octanol–water partition coefficient (Wildman–Crippen LogP) is 3.30. The van der Waals surface area contributed by atoms with E-state index in [1.54, 1.807) is 0 Å². The van der Waals surface area contributed by atoms with Gasteiger partial charge in [-0.25, -0.2) is 0 Å². The molecule has 1 saturated heterocycles. The monoisotopic (exact) mass is 348 g/mol. The van der Waals surface area contributed by atoms with E-state index in [-0.39, 0.29) is 6.04 Å². The molecule has 1 fully saturated rings. The molecule has 5 nitrogen and oxygen atoms in total. The van der Waals surface area contributed by atoms with Gasteiger partial charge in [0.15, 0.2) is 0 Å². The Hall–Kier alpha value is -2.50. The Morgan fingerprint density at radius 3 is 2.50 bits per heavy atom. The van der Waals surface area contributed by atoms with Crippen molar-refractivity contribution in [1.29, 1.82) is 0 Å². The van der Waals surface area contributed by atoms with Gasteiger partial charge < -0.3 is 15.5 Å². The van der Waals surface area contributed by atoms with Crippen molar-refractivity contribution in [2.45, 2.75) is 37.3 Å². The second kappa shape index (κ2) is 7.02. The smallest absolute Gasteiger partial charge is 0.236 e. The van der Waals surface area contributed by atoms with Gasteiger partial charge in [0.25, 0.3) is 0 Å². The number of benzene rings is 2. The van der Waals surface area contributed by atoms with Crippen LogP contribution in [0, 0.1) is 0 Å². The molecule has 0 amide bonds. The van der Waals surface area contributed by atoms with Crippen molar-refractivity contribution in [3.05, 3.63) is 83.6 Å². The van der Waals surface area contributed by atoms with Crippen LogP contribution in [0.1, 0.15) is 48.2 Å². The highest BCUT2D eigenvalue weighted by Gasteiger charge is 2.35. The molecule has 0 unspecified atom stereocenters. The predicted molar refractivity (Wildman–Crippen MR) is 101 cm³/mol. The summed E-state index contributed by atoms with van der Waals surface area (Å²) < 4.78 is 6.05. The SMILES string of the molecule is C[C@@](N)(Cc1ccccc1)c1nnc([C@H]2NCC[C@@H]2c2ccccc2)o1. The Morgan fingerprint density at radius 1 is 1.08 bits per heavy atom. The van der Waals surface area contributed by atoms with Crippen LogP contribution < -0.4 is 11.1 Å². The summed E-state index contributed by atoms with van der Waals surface area (Å²) in [5, 5.41) is 12.1. The van der Waals surface area contributed by atoms with Crippen molar-refractivity contribution < 1.29 is 4.42 Å². The Balaban J connectivity index is 1.55. The van der Waals surface area contributed by atoms with Crippen LogP contribution in [0.3, 0.4) is 0 Å². The van der Waals surface area contributed by atoms with Crippen LogP contribution in [-0.2, 0) is 12.0 Å². The third-order valence-corrected chi connectivity index (χ3v) is 5.06. The zero-order valence-corrected chi connectivity index (χ0v) is 14.9. The fourth-order valence-electron chi connectivity index (χ4n) is 3.71. The Bertz CT molecular complexity index is 845. The second-order valence-corrected chi connectivity index (χ2v) is 7.26. The average molecular weight is 348 g/mol. The molecule has 0 spiro atoms. The molecule has 0 radical (unpaired) electrons. The lowest BCUT2D eigenvalue weighted by molar-refractivity contribution is 0.316. The molecular weight excluding hydrogens is 324 g/mol. The number of hydrogen-bond donors (Lipinski definition) is 2. The molecule has 3 atom stereocenters. The van der Waals surface area contributed by atoms with Gasteiger partial charge in [-0.1, -0.05) is 60.7 Å². The van der Waals surface area contributed by atoms with E-state index in [1.807, 2.05) is 31.2 Å². The first-order valence-corrected chi connectivity index (χ1v) is 9.08. The molecule has 134 valence electrons. The number of nitrogens with two attached hydrogens (primary N) is 1. The molecule has 1 aromatic heterocycles. The summed E-state index contributed by atoms with van der Waals surface area (Å²) in [5.74, 6) is 1.44. The second-order valence-electron chi connectivity index (χ2n) is 7.26. The third-order valence-electron chi connectivity index (χ3n) is 5.06. The molecule has 26 heavy (non-hydrogen) atoms. The first-order valence-electron chi connectivity index (χ1n) is 9.08. The highest BCUT2D eigenvalue weighted by molar-refractivity contribution is 5.24. The van der Waals surface area contributed by atoms with Crippen molar-refractivity contribution in [3.8, 4) is 0 Å². The molecule has 3 aromatic rings. The molecule has 3 N–H and O–H groups in total. The van der Waals surface area contributed by atoms with Crippen molar-refractivity contribution in [3.63, 3.8) is 0 Å². The molecule has 1 aliphatic heterocycles. The van der Waals surface area contributed by atoms with Gasteiger partial charge in [0.1, 0.15) is 0 Å². The van der Waals surface area contributed by atoms with Crippen molar-refractivity contribution in [2.24, 2.45) is 5.73 Å². The van der Waals surface area contributed by atoms with Crippen LogP contribution in [-0.4, -0.2) is 16.7 Å². The first-order chi connectivity index (χ1) is 12.6. The normalized spacial score (nSPS) is 22.2. The number of aromatic nitrogens is 2. The number of rotatable bonds is 5. The molecule has 5 heteroatoms. The maximum atomic E-state index is 6.51. The minimum absolute atomic E-state index is 0.0335. The van der Waals surface area contributed by atoms with E-state index < -0.39 is 5.54 Å². The highest BCUT2D eigenvalue weighted by Crippen LogP contribution is 2.37. The summed E-state index contributed by atoms with van der Waals surface area (Å²) in [5.41, 5.74) is 8.26. The summed E-state index contributed by atoms with van der Waals surface area (Å²) >= 11 is 0. The maximum Gasteiger partial charge on any atom is 0.236 e. The van der Waals surface area contributed by atoms with Crippen LogP contribution in [0.2, 0.25) is 0 Å². The molecule has 0 bridgehead atoms. The zero-order chi connectivity index (χ0) is 18.0. The van der Waals surface area contributed by atoms with E-state index in [0.29, 0.717) is 24.1 Å². The lowest BCUT2D eigenvalue weighted by Crippen LogP contribution is -2.36. The maximum absolute atomic E-state index is 6.51. The molecule has 2 heterocycles. The molecule has 4 rings (SSSR count). The Labute approximate surface area is 153 Å². The van der Waals surface area contributed by atoms with E-state index in [1.165, 1.54) is 5.56 Å². The van der Waals surface area contributed by atoms with E-state index in [2.05, 4.69) is 51.9 Å². The van der Waals surface area contributed by atoms with E-state index in [0.717, 1.165) is 18.5 Å². The van der Waals surface area contributed by atoms with Crippen molar-refractivity contribution in [1.82, 2.24) is 15.5 Å². The van der Waals surface area contributed by atoms with Gasteiger partial charge in [-0.3, -0.25) is 0 Å². The lowest BCUT2D eigenvalue weighted by atomic mass is 9.92. The Kier molecular flexibility index (Phi) is 4.57. The minimum Gasteiger partial charge on any atom is -0.422 e. The summed E-state index contributed by atoms with van der Waals surface area (Å²) in [7, 11) is 0. The number of nitrogens with zero attached hydrogens (tertiary/aromatic N) is 2. The molecule has 0 aliphatic carbocycles. The Morgan fingerprint density at radius 2 is 1.77 bits per heavy atom. The topological polar surface area (TPSA) is 77.0 Å². The van der Waals surface area contributed by atoms with Gasteiger partial charge in [-0.15, -0.1) is 10.2 Å². The third kappa shape index (κ3) is 3.41. The van der Waals surface area contributed by atoms with E-state index in [9.17, 15) is 0 Å². The standard InChI is InChI=1S/C21H24N4O/c1-21(22,14-15-8-4-2-5-9-15)20-25-24-19(26-20)18-17(12-13-23-18)16-10-6-3-7-11-16/h2-11,17-18,23H,12-14,22H2,1H3/t17-,18+,21-/m1/s1. The fourth-order valence-corrected chi connectivity index (χ4v) is 3.71.